The van der Waals surface area contributed by atoms with Crippen LogP contribution in [0.4, 0.5) is 0 Å². The Labute approximate surface area is 273 Å². The monoisotopic (exact) mass is 601 g/mol. The van der Waals surface area contributed by atoms with Crippen LogP contribution in [0.3, 0.4) is 0 Å². The van der Waals surface area contributed by atoms with Crippen LogP contribution in [0.5, 0.6) is 0 Å². The van der Waals surface area contributed by atoms with Gasteiger partial charge in [0.2, 0.25) is 0 Å². The van der Waals surface area contributed by atoms with E-state index in [9.17, 15) is 0 Å². The quantitative estimate of drug-likeness (QED) is 0.196. The lowest BCUT2D eigenvalue weighted by Crippen LogP contribution is -2.01. The lowest BCUT2D eigenvalue weighted by atomic mass is 9.93. The SMILES string of the molecule is C1=C(c2ccc3cc(-c4cc(-c5ccccc5)nc(-c5ccccc5)n4)ccc3c2)CCC(n2c3ccccc3c3ccccc32)=C1. The van der Waals surface area contributed by atoms with E-state index in [0.29, 0.717) is 0 Å². The molecule has 0 amide bonds. The van der Waals surface area contributed by atoms with Crippen molar-refractivity contribution < 1.29 is 0 Å². The van der Waals surface area contributed by atoms with Gasteiger partial charge in [-0.15, -0.1) is 0 Å². The Kier molecular flexibility index (Phi) is 6.60. The van der Waals surface area contributed by atoms with Crippen molar-refractivity contribution in [1.29, 1.82) is 0 Å². The highest BCUT2D eigenvalue weighted by Gasteiger charge is 2.17. The minimum Gasteiger partial charge on any atom is -0.313 e. The molecule has 0 N–H and O–H groups in total. The van der Waals surface area contributed by atoms with Gasteiger partial charge in [0, 0.05) is 33.2 Å². The van der Waals surface area contributed by atoms with Crippen molar-refractivity contribution >= 4 is 43.8 Å². The largest absolute Gasteiger partial charge is 0.313 e. The topological polar surface area (TPSA) is 30.7 Å². The lowest BCUT2D eigenvalue weighted by Gasteiger charge is -2.18. The zero-order chi connectivity index (χ0) is 31.2. The summed E-state index contributed by atoms with van der Waals surface area (Å²) in [6, 6.07) is 53.6. The smallest absolute Gasteiger partial charge is 0.160 e. The third kappa shape index (κ3) is 4.93. The van der Waals surface area contributed by atoms with Gasteiger partial charge < -0.3 is 4.57 Å². The van der Waals surface area contributed by atoms with E-state index in [-0.39, 0.29) is 0 Å². The maximum absolute atomic E-state index is 5.03. The summed E-state index contributed by atoms with van der Waals surface area (Å²) in [6.45, 7) is 0. The van der Waals surface area contributed by atoms with E-state index in [2.05, 4.69) is 144 Å². The van der Waals surface area contributed by atoms with Crippen LogP contribution in [0.1, 0.15) is 18.4 Å². The van der Waals surface area contributed by atoms with Gasteiger partial charge in [-0.1, -0.05) is 127 Å². The van der Waals surface area contributed by atoms with Crippen LogP contribution >= 0.6 is 0 Å². The molecule has 0 unspecified atom stereocenters. The highest BCUT2D eigenvalue weighted by molar-refractivity contribution is 6.10. The van der Waals surface area contributed by atoms with Gasteiger partial charge >= 0.3 is 0 Å². The van der Waals surface area contributed by atoms with Crippen LogP contribution in [0.15, 0.2) is 164 Å². The highest BCUT2D eigenvalue weighted by atomic mass is 15.0. The molecule has 9 rings (SSSR count). The second-order valence-corrected chi connectivity index (χ2v) is 12.2. The van der Waals surface area contributed by atoms with Gasteiger partial charge in [-0.05, 0) is 71.2 Å². The van der Waals surface area contributed by atoms with Crippen LogP contribution in [0.2, 0.25) is 0 Å². The van der Waals surface area contributed by atoms with E-state index in [1.807, 2.05) is 24.3 Å². The van der Waals surface area contributed by atoms with Crippen molar-refractivity contribution in [2.75, 3.05) is 0 Å². The number of benzene rings is 6. The number of para-hydroxylation sites is 2. The van der Waals surface area contributed by atoms with Crippen LogP contribution in [-0.4, -0.2) is 14.5 Å². The molecule has 2 aromatic heterocycles. The first-order valence-electron chi connectivity index (χ1n) is 16.2. The van der Waals surface area contributed by atoms with Crippen molar-refractivity contribution in [2.45, 2.75) is 12.8 Å². The Morgan fingerprint density at radius 3 is 1.62 bits per heavy atom. The molecule has 0 atom stereocenters. The van der Waals surface area contributed by atoms with Gasteiger partial charge in [0.25, 0.3) is 0 Å². The summed E-state index contributed by atoms with van der Waals surface area (Å²) < 4.78 is 2.44. The first-order valence-corrected chi connectivity index (χ1v) is 16.2. The number of hydrogen-bond donors (Lipinski definition) is 0. The second-order valence-electron chi connectivity index (χ2n) is 12.2. The predicted octanol–water partition coefficient (Wildman–Crippen LogP) is 11.5. The Balaban J connectivity index is 1.07. The molecule has 0 spiro atoms. The average Bonchev–Trinajstić information content (AvgIpc) is 3.49. The molecule has 0 fully saturated rings. The fourth-order valence-corrected chi connectivity index (χ4v) is 6.96. The van der Waals surface area contributed by atoms with Gasteiger partial charge in [0.05, 0.1) is 22.4 Å². The molecule has 2 heterocycles. The van der Waals surface area contributed by atoms with E-state index >= 15 is 0 Å². The first-order chi connectivity index (χ1) is 23.3. The Morgan fingerprint density at radius 2 is 0.979 bits per heavy atom. The average molecular weight is 602 g/mol. The van der Waals surface area contributed by atoms with E-state index in [1.54, 1.807) is 0 Å². The van der Waals surface area contributed by atoms with Crippen molar-refractivity contribution in [1.82, 2.24) is 14.5 Å². The maximum atomic E-state index is 5.03. The van der Waals surface area contributed by atoms with Crippen molar-refractivity contribution in [2.24, 2.45) is 0 Å². The molecule has 6 aromatic carbocycles. The number of allylic oxidation sites excluding steroid dienone is 4. The Hall–Kier alpha value is -6.06. The molecule has 222 valence electrons. The molecule has 0 radical (unpaired) electrons. The molecule has 0 aliphatic heterocycles. The van der Waals surface area contributed by atoms with Crippen LogP contribution in [0.25, 0.3) is 77.8 Å². The summed E-state index contributed by atoms with van der Waals surface area (Å²) in [7, 11) is 0. The van der Waals surface area contributed by atoms with Gasteiger partial charge in [0.1, 0.15) is 0 Å². The number of aromatic nitrogens is 3. The normalized spacial score (nSPS) is 13.2. The summed E-state index contributed by atoms with van der Waals surface area (Å²) in [4.78, 5) is 9.99. The molecule has 1 aliphatic rings. The number of fused-ring (bicyclic) bond motifs is 4. The van der Waals surface area contributed by atoms with E-state index in [0.717, 1.165) is 46.7 Å². The minimum atomic E-state index is 0.731. The molecule has 1 aliphatic carbocycles. The number of nitrogens with zero attached hydrogens (tertiary/aromatic N) is 3. The van der Waals surface area contributed by atoms with E-state index in [4.69, 9.17) is 9.97 Å². The van der Waals surface area contributed by atoms with E-state index < -0.39 is 0 Å². The van der Waals surface area contributed by atoms with Gasteiger partial charge in [-0.2, -0.15) is 0 Å². The van der Waals surface area contributed by atoms with Gasteiger partial charge in [-0.25, -0.2) is 9.97 Å². The van der Waals surface area contributed by atoms with Crippen molar-refractivity contribution in [3.05, 3.63) is 169 Å². The summed E-state index contributed by atoms with van der Waals surface area (Å²) >= 11 is 0. The van der Waals surface area contributed by atoms with Crippen molar-refractivity contribution in [3.63, 3.8) is 0 Å². The molecule has 3 heteroatoms. The first kappa shape index (κ1) is 27.3. The second kappa shape index (κ2) is 11.4. The summed E-state index contributed by atoms with van der Waals surface area (Å²) in [5, 5.41) is 5.04. The highest BCUT2D eigenvalue weighted by Crippen LogP contribution is 2.37. The minimum absolute atomic E-state index is 0.731. The third-order valence-electron chi connectivity index (χ3n) is 9.33. The Morgan fingerprint density at radius 1 is 0.426 bits per heavy atom. The predicted molar refractivity (Wildman–Crippen MR) is 197 cm³/mol. The third-order valence-corrected chi connectivity index (χ3v) is 9.33. The number of rotatable bonds is 5. The summed E-state index contributed by atoms with van der Waals surface area (Å²) in [5.41, 5.74) is 11.5. The zero-order valence-electron chi connectivity index (χ0n) is 25.8. The molecular weight excluding hydrogens is 571 g/mol. The van der Waals surface area contributed by atoms with Crippen LogP contribution in [-0.2, 0) is 0 Å². The lowest BCUT2D eigenvalue weighted by molar-refractivity contribution is 0.992. The van der Waals surface area contributed by atoms with Crippen LogP contribution in [0, 0.1) is 0 Å². The Bertz CT molecular complexity index is 2390. The molecule has 3 nitrogen and oxygen atoms in total. The summed E-state index contributed by atoms with van der Waals surface area (Å²) in [6.07, 6.45) is 6.62. The molecule has 0 saturated carbocycles. The maximum Gasteiger partial charge on any atom is 0.160 e. The molecule has 0 bridgehead atoms. The standard InChI is InChI=1S/C44H31N3/c1-3-11-31(12-4-1)40-29-41(46-44(45-40)32-13-5-2-6-14-32)36-22-21-34-27-33(19-20-35(34)28-36)30-23-25-37(26-24-30)47-42-17-9-7-15-38(42)39-16-8-10-18-43(39)47/h1-23,25,27-29H,24,26H2. The fourth-order valence-electron chi connectivity index (χ4n) is 6.96. The van der Waals surface area contributed by atoms with E-state index in [1.165, 1.54) is 49.4 Å². The number of hydrogen-bond acceptors (Lipinski definition) is 2. The molecule has 0 saturated heterocycles. The molecule has 47 heavy (non-hydrogen) atoms. The molecule has 8 aromatic rings. The zero-order valence-corrected chi connectivity index (χ0v) is 25.8. The fraction of sp³-hybridized carbons (Fsp3) is 0.0455. The van der Waals surface area contributed by atoms with Crippen molar-refractivity contribution in [3.8, 4) is 33.9 Å². The summed E-state index contributed by atoms with van der Waals surface area (Å²) in [5.74, 6) is 0.731. The van der Waals surface area contributed by atoms with Gasteiger partial charge in [0.15, 0.2) is 5.82 Å². The van der Waals surface area contributed by atoms with Gasteiger partial charge in [-0.3, -0.25) is 0 Å². The van der Waals surface area contributed by atoms with Crippen LogP contribution < -0.4 is 0 Å². The molecular formula is C44H31N3.